The molecule has 4 heteroatoms. The van der Waals surface area contributed by atoms with E-state index in [4.69, 9.17) is 15.0 Å². The highest BCUT2D eigenvalue weighted by atomic mass is 15.2. The molecule has 9 rings (SSSR count). The van der Waals surface area contributed by atoms with Gasteiger partial charge in [0.2, 0.25) is 0 Å². The fourth-order valence-corrected chi connectivity index (χ4v) is 7.68. The minimum Gasteiger partial charge on any atom is -0.331 e. The highest BCUT2D eigenvalue weighted by Crippen LogP contribution is 2.56. The SMILES string of the molecule is CC12C=CC=CC1N(c1ccc(C3CC(c4ccccc4)=NC(c4ccccc4)=N3)cc1)c1c(-c3ccccc3)nc3ccccc3c12. The van der Waals surface area contributed by atoms with Crippen molar-refractivity contribution in [2.75, 3.05) is 4.90 Å². The van der Waals surface area contributed by atoms with Crippen molar-refractivity contribution < 1.29 is 0 Å². The molecule has 1 aromatic heterocycles. The van der Waals surface area contributed by atoms with Crippen molar-refractivity contribution in [2.45, 2.75) is 30.8 Å². The van der Waals surface area contributed by atoms with Gasteiger partial charge in [0, 0.05) is 34.0 Å². The Morgan fingerprint density at radius 3 is 2.04 bits per heavy atom. The van der Waals surface area contributed by atoms with E-state index in [1.165, 1.54) is 22.2 Å². The van der Waals surface area contributed by atoms with Gasteiger partial charge in [-0.05, 0) is 41.8 Å². The van der Waals surface area contributed by atoms with Crippen LogP contribution in [-0.4, -0.2) is 22.6 Å². The second-order valence-corrected chi connectivity index (χ2v) is 13.0. The molecule has 3 unspecified atom stereocenters. The molecule has 0 radical (unpaired) electrons. The maximum Gasteiger partial charge on any atom is 0.155 e. The van der Waals surface area contributed by atoms with Gasteiger partial charge < -0.3 is 4.90 Å². The molecule has 230 valence electrons. The van der Waals surface area contributed by atoms with Crippen LogP contribution in [0.4, 0.5) is 11.4 Å². The Hall–Kier alpha value is -5.87. The van der Waals surface area contributed by atoms with E-state index in [0.29, 0.717) is 0 Å². The second kappa shape index (κ2) is 11.4. The van der Waals surface area contributed by atoms with Gasteiger partial charge in [0.05, 0.1) is 34.7 Å². The number of nitrogens with zero attached hydrogens (tertiary/aromatic N) is 4. The lowest BCUT2D eigenvalue weighted by atomic mass is 9.74. The predicted molar refractivity (Wildman–Crippen MR) is 198 cm³/mol. The Kier molecular flexibility index (Phi) is 6.75. The van der Waals surface area contributed by atoms with E-state index in [0.717, 1.165) is 51.6 Å². The normalized spacial score (nSPS) is 21.1. The molecule has 3 aliphatic rings. The standard InChI is InChI=1S/C44H34N4/c1-44-28-14-13-23-39(44)48(42-40(44)35-21-11-12-22-36(35)45-41(42)32-17-7-3-8-18-32)34-26-24-31(25-27-34)38-29-37(30-15-5-2-6-16-30)46-43(47-38)33-19-9-4-10-20-33/h2-28,38-39H,29H2,1H3. The molecule has 48 heavy (non-hydrogen) atoms. The lowest BCUT2D eigenvalue weighted by molar-refractivity contribution is 0.554. The first-order chi connectivity index (χ1) is 23.7. The number of aromatic nitrogens is 1. The first-order valence-corrected chi connectivity index (χ1v) is 16.7. The van der Waals surface area contributed by atoms with E-state index in [2.05, 4.69) is 157 Å². The molecule has 0 saturated heterocycles. The molecule has 0 N–H and O–H groups in total. The number of hydrogen-bond acceptors (Lipinski definition) is 4. The molecular formula is C44H34N4. The number of hydrogen-bond donors (Lipinski definition) is 0. The summed E-state index contributed by atoms with van der Waals surface area (Å²) in [7, 11) is 0. The fraction of sp³-hybridized carbons (Fsp3) is 0.114. The van der Waals surface area contributed by atoms with Gasteiger partial charge in [-0.25, -0.2) is 9.98 Å². The van der Waals surface area contributed by atoms with Crippen LogP contribution in [0.1, 0.15) is 41.6 Å². The van der Waals surface area contributed by atoms with Crippen LogP contribution < -0.4 is 4.90 Å². The van der Waals surface area contributed by atoms with Crippen LogP contribution >= 0.6 is 0 Å². The summed E-state index contributed by atoms with van der Waals surface area (Å²) in [5.41, 5.74) is 11.0. The molecule has 2 aliphatic heterocycles. The summed E-state index contributed by atoms with van der Waals surface area (Å²) < 4.78 is 0. The summed E-state index contributed by atoms with van der Waals surface area (Å²) in [5, 5.41) is 1.21. The molecule has 0 fully saturated rings. The third-order valence-corrected chi connectivity index (χ3v) is 10.0. The summed E-state index contributed by atoms with van der Waals surface area (Å²) in [6, 6.07) is 49.1. The highest BCUT2D eigenvalue weighted by molar-refractivity contribution is 6.14. The van der Waals surface area contributed by atoms with Crippen LogP contribution in [0, 0.1) is 0 Å². The van der Waals surface area contributed by atoms with Crippen LogP contribution in [-0.2, 0) is 5.41 Å². The zero-order valence-corrected chi connectivity index (χ0v) is 26.7. The maximum atomic E-state index is 5.33. The molecule has 0 spiro atoms. The Morgan fingerprint density at radius 1 is 0.667 bits per heavy atom. The summed E-state index contributed by atoms with van der Waals surface area (Å²) in [4.78, 5) is 18.1. The lowest BCUT2D eigenvalue weighted by Crippen LogP contribution is -2.39. The molecule has 0 saturated carbocycles. The molecular weight excluding hydrogens is 585 g/mol. The van der Waals surface area contributed by atoms with Crippen molar-refractivity contribution in [3.63, 3.8) is 0 Å². The van der Waals surface area contributed by atoms with Gasteiger partial charge in [-0.2, -0.15) is 0 Å². The van der Waals surface area contributed by atoms with Crippen LogP contribution in [0.5, 0.6) is 0 Å². The quantitative estimate of drug-likeness (QED) is 0.193. The number of para-hydroxylation sites is 1. The smallest absolute Gasteiger partial charge is 0.155 e. The van der Waals surface area contributed by atoms with E-state index >= 15 is 0 Å². The summed E-state index contributed by atoms with van der Waals surface area (Å²) in [6.07, 6.45) is 9.84. The maximum absolute atomic E-state index is 5.33. The van der Waals surface area contributed by atoms with Crippen LogP contribution in [0.2, 0.25) is 0 Å². The number of allylic oxidation sites excluding steroid dienone is 2. The van der Waals surface area contributed by atoms with E-state index in [9.17, 15) is 0 Å². The Bertz CT molecular complexity index is 2270. The molecule has 0 amide bonds. The summed E-state index contributed by atoms with van der Waals surface area (Å²) >= 11 is 0. The Balaban J connectivity index is 1.17. The second-order valence-electron chi connectivity index (χ2n) is 13.0. The molecule has 4 nitrogen and oxygen atoms in total. The average Bonchev–Trinajstić information content (AvgIpc) is 3.45. The Labute approximate surface area is 281 Å². The number of rotatable bonds is 5. The van der Waals surface area contributed by atoms with E-state index in [1.807, 2.05) is 18.2 Å². The van der Waals surface area contributed by atoms with Gasteiger partial charge in [0.25, 0.3) is 0 Å². The van der Waals surface area contributed by atoms with Crippen molar-refractivity contribution >= 4 is 33.8 Å². The van der Waals surface area contributed by atoms with Crippen LogP contribution in [0.3, 0.4) is 0 Å². The van der Waals surface area contributed by atoms with Gasteiger partial charge in [0.1, 0.15) is 0 Å². The average molecular weight is 619 g/mol. The molecule has 0 bridgehead atoms. The zero-order valence-electron chi connectivity index (χ0n) is 26.7. The first-order valence-electron chi connectivity index (χ1n) is 16.7. The number of aliphatic imine (C=N–C) groups is 2. The minimum atomic E-state index is -0.228. The van der Waals surface area contributed by atoms with E-state index < -0.39 is 0 Å². The largest absolute Gasteiger partial charge is 0.331 e. The molecule has 5 aromatic carbocycles. The molecule has 6 aromatic rings. The van der Waals surface area contributed by atoms with E-state index in [1.54, 1.807) is 0 Å². The van der Waals surface area contributed by atoms with Gasteiger partial charge >= 0.3 is 0 Å². The molecule has 3 atom stereocenters. The van der Waals surface area contributed by atoms with Crippen molar-refractivity contribution in [2.24, 2.45) is 9.98 Å². The third-order valence-electron chi connectivity index (χ3n) is 10.0. The zero-order chi connectivity index (χ0) is 32.1. The minimum absolute atomic E-state index is 0.0407. The number of pyridine rings is 1. The summed E-state index contributed by atoms with van der Waals surface area (Å²) in [6.45, 7) is 2.37. The van der Waals surface area contributed by atoms with Gasteiger partial charge in [-0.3, -0.25) is 4.99 Å². The predicted octanol–water partition coefficient (Wildman–Crippen LogP) is 10.2. The molecule has 1 aliphatic carbocycles. The monoisotopic (exact) mass is 618 g/mol. The van der Waals surface area contributed by atoms with Crippen molar-refractivity contribution in [1.29, 1.82) is 0 Å². The third kappa shape index (κ3) is 4.64. The topological polar surface area (TPSA) is 40.9 Å². The van der Waals surface area contributed by atoms with Crippen molar-refractivity contribution in [3.8, 4) is 11.3 Å². The van der Waals surface area contributed by atoms with Gasteiger partial charge in [-0.15, -0.1) is 0 Å². The summed E-state index contributed by atoms with van der Waals surface area (Å²) in [5.74, 6) is 0.781. The molecule has 3 heterocycles. The van der Waals surface area contributed by atoms with Crippen LogP contribution in [0.25, 0.3) is 22.2 Å². The van der Waals surface area contributed by atoms with Gasteiger partial charge in [-0.1, -0.05) is 146 Å². The van der Waals surface area contributed by atoms with E-state index in [-0.39, 0.29) is 17.5 Å². The number of benzene rings is 5. The Morgan fingerprint density at radius 2 is 1.31 bits per heavy atom. The first kappa shape index (κ1) is 28.4. The van der Waals surface area contributed by atoms with Crippen LogP contribution in [0.15, 0.2) is 174 Å². The van der Waals surface area contributed by atoms with Crippen molar-refractivity contribution in [3.05, 3.63) is 186 Å². The van der Waals surface area contributed by atoms with Gasteiger partial charge in [0.15, 0.2) is 5.84 Å². The highest BCUT2D eigenvalue weighted by Gasteiger charge is 2.49. The number of anilines is 2. The number of fused-ring (bicyclic) bond motifs is 5. The fourth-order valence-electron chi connectivity index (χ4n) is 7.68. The lowest BCUT2D eigenvalue weighted by Gasteiger charge is -2.35. The number of amidine groups is 1. The van der Waals surface area contributed by atoms with Crippen molar-refractivity contribution in [1.82, 2.24) is 4.98 Å².